The van der Waals surface area contributed by atoms with Crippen LogP contribution in [0.3, 0.4) is 0 Å². The van der Waals surface area contributed by atoms with Crippen molar-refractivity contribution >= 4 is 35.7 Å². The molecular formula is C31H42ClN3O2S. The van der Waals surface area contributed by atoms with Gasteiger partial charge in [0.25, 0.3) is 0 Å². The molecule has 5 nitrogen and oxygen atoms in total. The zero-order valence-corrected chi connectivity index (χ0v) is 24.8. The number of hydrogen-bond acceptors (Lipinski definition) is 6. The molecular weight excluding hydrogens is 514 g/mol. The Morgan fingerprint density at radius 1 is 1.13 bits per heavy atom. The molecule has 0 saturated heterocycles. The lowest BCUT2D eigenvalue weighted by atomic mass is 9.70. The Labute approximate surface area is 238 Å². The lowest BCUT2D eigenvalue weighted by molar-refractivity contribution is -0.148. The summed E-state index contributed by atoms with van der Waals surface area (Å²) in [5.74, 6) is 2.23. The first kappa shape index (κ1) is 29.0. The number of thioether (sulfide) groups is 1. The highest BCUT2D eigenvalue weighted by molar-refractivity contribution is 7.98. The summed E-state index contributed by atoms with van der Waals surface area (Å²) in [6.45, 7) is 3.10. The number of esters is 1. The van der Waals surface area contributed by atoms with Crippen molar-refractivity contribution in [3.63, 3.8) is 0 Å². The van der Waals surface area contributed by atoms with Crippen molar-refractivity contribution in [3.8, 4) is 0 Å². The second kappa shape index (κ2) is 13.4. The smallest absolute Gasteiger partial charge is 0.336 e. The predicted octanol–water partition coefficient (Wildman–Crippen LogP) is 6.72. The molecule has 2 aromatic carbocycles. The van der Waals surface area contributed by atoms with Crippen LogP contribution < -0.4 is 0 Å². The summed E-state index contributed by atoms with van der Waals surface area (Å²) in [5, 5.41) is 0.775. The highest BCUT2D eigenvalue weighted by Gasteiger charge is 2.55. The molecule has 0 aromatic heterocycles. The van der Waals surface area contributed by atoms with Crippen LogP contribution >= 0.6 is 23.4 Å². The summed E-state index contributed by atoms with van der Waals surface area (Å²) in [4.78, 5) is 23.1. The van der Waals surface area contributed by atoms with Gasteiger partial charge in [-0.1, -0.05) is 61.0 Å². The van der Waals surface area contributed by atoms with E-state index >= 15 is 0 Å². The molecule has 1 saturated carbocycles. The monoisotopic (exact) mass is 555 g/mol. The number of nitrogens with zero attached hydrogens (tertiary/aromatic N) is 3. The van der Waals surface area contributed by atoms with Crippen LogP contribution in [0.25, 0.3) is 0 Å². The molecule has 38 heavy (non-hydrogen) atoms. The number of benzene rings is 2. The van der Waals surface area contributed by atoms with Crippen LogP contribution in [0.1, 0.15) is 56.2 Å². The van der Waals surface area contributed by atoms with Gasteiger partial charge in [-0.3, -0.25) is 4.99 Å². The van der Waals surface area contributed by atoms with Gasteiger partial charge in [0.2, 0.25) is 0 Å². The number of halogens is 1. The zero-order valence-electron chi connectivity index (χ0n) is 23.2. The van der Waals surface area contributed by atoms with Crippen LogP contribution in [0.4, 0.5) is 0 Å². The molecule has 2 aliphatic rings. The van der Waals surface area contributed by atoms with Crippen molar-refractivity contribution in [1.82, 2.24) is 9.80 Å². The number of methoxy groups -OCH3 is 1. The quantitative estimate of drug-likeness (QED) is 0.288. The number of carbonyl (C=O) groups excluding carboxylic acids is 1. The molecule has 1 aliphatic heterocycles. The molecule has 1 aliphatic carbocycles. The van der Waals surface area contributed by atoms with Gasteiger partial charge in [0.05, 0.1) is 19.5 Å². The highest BCUT2D eigenvalue weighted by atomic mass is 35.5. The van der Waals surface area contributed by atoms with Crippen molar-refractivity contribution in [2.24, 2.45) is 16.8 Å². The van der Waals surface area contributed by atoms with Gasteiger partial charge in [-0.2, -0.15) is 11.8 Å². The SMILES string of the molecule is CCCN1C=NC(CSCc2ccccc2)(C(=O)OC)C1C1CCC(C(c2ccc(Cl)cc2)N(C)C)CC1. The van der Waals surface area contributed by atoms with Crippen molar-refractivity contribution in [2.45, 2.75) is 62.4 Å². The summed E-state index contributed by atoms with van der Waals surface area (Å²) in [5.41, 5.74) is 1.72. The number of carbonyl (C=O) groups is 1. The van der Waals surface area contributed by atoms with E-state index in [0.29, 0.717) is 23.6 Å². The van der Waals surface area contributed by atoms with E-state index in [4.69, 9.17) is 21.3 Å². The fraction of sp³-hybridized carbons (Fsp3) is 0.548. The summed E-state index contributed by atoms with van der Waals surface area (Å²) in [6.07, 6.45) is 7.38. The van der Waals surface area contributed by atoms with Crippen molar-refractivity contribution in [2.75, 3.05) is 33.5 Å². The Bertz CT molecular complexity index is 1060. The van der Waals surface area contributed by atoms with Crippen LogP contribution in [0.5, 0.6) is 0 Å². The summed E-state index contributed by atoms with van der Waals surface area (Å²) < 4.78 is 5.44. The first-order chi connectivity index (χ1) is 18.4. The Kier molecular flexibility index (Phi) is 10.2. The standard InChI is InChI=1S/C31H42ClN3O2S/c1-5-19-35-22-33-31(30(36)37-4,21-38-20-23-9-7-6-8-10-23)29(35)26-13-11-24(12-14-26)28(34(2)3)25-15-17-27(32)18-16-25/h6-10,15-18,22,24,26,28-29H,5,11-14,19-21H2,1-4H3. The lowest BCUT2D eigenvalue weighted by Crippen LogP contribution is -2.57. The van der Waals surface area contributed by atoms with Gasteiger partial charge in [0.1, 0.15) is 0 Å². The van der Waals surface area contributed by atoms with Gasteiger partial charge in [0, 0.05) is 29.1 Å². The molecule has 1 heterocycles. The third-order valence-corrected chi connectivity index (χ3v) is 9.65. The molecule has 1 fully saturated rings. The Balaban J connectivity index is 1.52. The maximum absolute atomic E-state index is 13.5. The average molecular weight is 556 g/mol. The number of hydrogen-bond donors (Lipinski definition) is 0. The molecule has 2 aromatic rings. The number of ether oxygens (including phenoxy) is 1. The fourth-order valence-electron chi connectivity index (χ4n) is 6.57. The molecule has 206 valence electrons. The third kappa shape index (κ3) is 6.40. The molecule has 0 bridgehead atoms. The van der Waals surface area contributed by atoms with Gasteiger partial charge < -0.3 is 14.5 Å². The van der Waals surface area contributed by atoms with Gasteiger partial charge >= 0.3 is 5.97 Å². The van der Waals surface area contributed by atoms with Gasteiger partial charge in [-0.15, -0.1) is 0 Å². The molecule has 4 rings (SSSR count). The molecule has 3 unspecified atom stereocenters. The Morgan fingerprint density at radius 3 is 2.42 bits per heavy atom. The first-order valence-corrected chi connectivity index (χ1v) is 15.4. The van der Waals surface area contributed by atoms with Crippen LogP contribution in [-0.4, -0.2) is 67.2 Å². The molecule has 0 N–H and O–H groups in total. The highest BCUT2D eigenvalue weighted by Crippen LogP contribution is 2.45. The van der Waals surface area contributed by atoms with E-state index in [-0.39, 0.29) is 12.0 Å². The average Bonchev–Trinajstić information content (AvgIpc) is 3.29. The molecule has 0 amide bonds. The largest absolute Gasteiger partial charge is 0.467 e. The van der Waals surface area contributed by atoms with E-state index in [2.05, 4.69) is 67.2 Å². The lowest BCUT2D eigenvalue weighted by Gasteiger charge is -2.44. The van der Waals surface area contributed by atoms with Crippen LogP contribution in [0.15, 0.2) is 59.6 Å². The summed E-state index contributed by atoms with van der Waals surface area (Å²) >= 11 is 7.96. The maximum atomic E-state index is 13.5. The molecule has 0 radical (unpaired) electrons. The maximum Gasteiger partial charge on any atom is 0.336 e. The number of aliphatic imine (C=N–C) groups is 1. The second-order valence-corrected chi connectivity index (χ2v) is 12.4. The third-order valence-electron chi connectivity index (χ3n) is 8.21. The normalized spacial score (nSPS) is 26.1. The van der Waals surface area contributed by atoms with E-state index in [1.807, 2.05) is 24.5 Å². The van der Waals surface area contributed by atoms with E-state index in [0.717, 1.165) is 49.4 Å². The van der Waals surface area contributed by atoms with Gasteiger partial charge in [-0.05, 0) is 81.3 Å². The van der Waals surface area contributed by atoms with E-state index < -0.39 is 5.54 Å². The van der Waals surface area contributed by atoms with Gasteiger partial charge in [0.15, 0.2) is 5.54 Å². The van der Waals surface area contributed by atoms with Crippen molar-refractivity contribution in [1.29, 1.82) is 0 Å². The molecule has 3 atom stereocenters. The fourth-order valence-corrected chi connectivity index (χ4v) is 7.90. The van der Waals surface area contributed by atoms with E-state index in [1.165, 1.54) is 18.2 Å². The topological polar surface area (TPSA) is 45.1 Å². The minimum atomic E-state index is -0.863. The minimum Gasteiger partial charge on any atom is -0.467 e. The van der Waals surface area contributed by atoms with Crippen LogP contribution in [-0.2, 0) is 15.3 Å². The van der Waals surface area contributed by atoms with Gasteiger partial charge in [-0.25, -0.2) is 4.79 Å². The van der Waals surface area contributed by atoms with E-state index in [1.54, 1.807) is 11.8 Å². The zero-order chi connectivity index (χ0) is 27.1. The second-order valence-electron chi connectivity index (χ2n) is 11.0. The number of rotatable bonds is 11. The van der Waals surface area contributed by atoms with E-state index in [9.17, 15) is 4.79 Å². The molecule has 7 heteroatoms. The van der Waals surface area contributed by atoms with Crippen LogP contribution in [0, 0.1) is 11.8 Å². The van der Waals surface area contributed by atoms with Crippen LogP contribution in [0.2, 0.25) is 5.02 Å². The van der Waals surface area contributed by atoms with Crippen molar-refractivity contribution < 1.29 is 9.53 Å². The summed E-state index contributed by atoms with van der Waals surface area (Å²) in [7, 11) is 5.85. The Hall–Kier alpha value is -2.02. The first-order valence-electron chi connectivity index (χ1n) is 13.8. The van der Waals surface area contributed by atoms with Crippen molar-refractivity contribution in [3.05, 3.63) is 70.7 Å². The Morgan fingerprint density at radius 2 is 1.82 bits per heavy atom. The summed E-state index contributed by atoms with van der Waals surface area (Å²) in [6, 6.07) is 19.2. The minimum absolute atomic E-state index is 0.0347. The molecule has 0 spiro atoms. The predicted molar refractivity (Wildman–Crippen MR) is 160 cm³/mol.